The second kappa shape index (κ2) is 5.40. The third-order valence-corrected chi connectivity index (χ3v) is 4.87. The van der Waals surface area contributed by atoms with Crippen LogP contribution in [0.15, 0.2) is 42.5 Å². The molecule has 0 spiro atoms. The minimum atomic E-state index is -0.476. The van der Waals surface area contributed by atoms with Crippen LogP contribution in [0.1, 0.15) is 32.8 Å². The van der Waals surface area contributed by atoms with Crippen LogP contribution in [0, 0.1) is 0 Å². The lowest BCUT2D eigenvalue weighted by Gasteiger charge is -2.30. The lowest BCUT2D eigenvalue weighted by molar-refractivity contribution is 0.205. The molecule has 0 saturated heterocycles. The van der Waals surface area contributed by atoms with Crippen molar-refractivity contribution in [3.63, 3.8) is 0 Å². The van der Waals surface area contributed by atoms with Gasteiger partial charge in [-0.3, -0.25) is 0 Å². The van der Waals surface area contributed by atoms with Crippen molar-refractivity contribution < 1.29 is 0 Å². The highest BCUT2D eigenvalue weighted by atomic mass is 15.6. The van der Waals surface area contributed by atoms with E-state index in [1.54, 1.807) is 0 Å². The topological polar surface area (TPSA) is 61.4 Å². The van der Waals surface area contributed by atoms with E-state index in [1.165, 1.54) is 5.56 Å². The van der Waals surface area contributed by atoms with Crippen LogP contribution >= 0.6 is 0 Å². The zero-order chi connectivity index (χ0) is 16.7. The molecule has 0 bridgehead atoms. The number of aryl methyl sites for hydroxylation is 1. The summed E-state index contributed by atoms with van der Waals surface area (Å²) in [5, 5.41) is 17.6. The van der Waals surface area contributed by atoms with E-state index in [1.807, 2.05) is 45.8 Å². The minimum absolute atomic E-state index is 0.476. The van der Waals surface area contributed by atoms with Crippen molar-refractivity contribution >= 4 is 22.1 Å². The van der Waals surface area contributed by atoms with Gasteiger partial charge in [-0.1, -0.05) is 48.5 Å². The summed E-state index contributed by atoms with van der Waals surface area (Å²) in [6.07, 6.45) is 1.75. The molecular formula is C18H20N6. The molecule has 4 aromatic rings. The standard InChI is InChI=1S/C18H20N6/c1-4-13-9-8-11-15-17(13)24(22-20-15)18(3,5-2)23-16-12-7-6-10-14(16)19-21-23/h6-12H,4-5H2,1-3H3. The summed E-state index contributed by atoms with van der Waals surface area (Å²) in [6, 6.07) is 14.2. The maximum Gasteiger partial charge on any atom is 0.155 e. The maximum atomic E-state index is 4.49. The molecular weight excluding hydrogens is 300 g/mol. The smallest absolute Gasteiger partial charge is 0.155 e. The number of para-hydroxylation sites is 2. The molecule has 2 heterocycles. The Morgan fingerprint density at radius 3 is 2.38 bits per heavy atom. The van der Waals surface area contributed by atoms with Gasteiger partial charge in [0, 0.05) is 0 Å². The van der Waals surface area contributed by atoms with E-state index in [4.69, 9.17) is 0 Å². The predicted molar refractivity (Wildman–Crippen MR) is 93.8 cm³/mol. The van der Waals surface area contributed by atoms with Crippen LogP contribution < -0.4 is 0 Å². The first-order chi connectivity index (χ1) is 11.7. The van der Waals surface area contributed by atoms with E-state index in [2.05, 4.69) is 47.5 Å². The number of fused-ring (bicyclic) bond motifs is 2. The zero-order valence-electron chi connectivity index (χ0n) is 14.1. The van der Waals surface area contributed by atoms with Gasteiger partial charge in [-0.15, -0.1) is 10.2 Å². The quantitative estimate of drug-likeness (QED) is 0.578. The Morgan fingerprint density at radius 2 is 1.58 bits per heavy atom. The second-order valence-corrected chi connectivity index (χ2v) is 6.20. The summed E-state index contributed by atoms with van der Waals surface area (Å²) >= 11 is 0. The predicted octanol–water partition coefficient (Wildman–Crippen LogP) is 3.37. The van der Waals surface area contributed by atoms with Crippen molar-refractivity contribution in [2.45, 2.75) is 39.3 Å². The van der Waals surface area contributed by atoms with Gasteiger partial charge >= 0.3 is 0 Å². The van der Waals surface area contributed by atoms with E-state index in [9.17, 15) is 0 Å². The van der Waals surface area contributed by atoms with Crippen molar-refractivity contribution in [3.05, 3.63) is 48.0 Å². The number of hydrogen-bond acceptors (Lipinski definition) is 4. The zero-order valence-corrected chi connectivity index (χ0v) is 14.1. The van der Waals surface area contributed by atoms with Crippen molar-refractivity contribution in [1.82, 2.24) is 30.0 Å². The molecule has 2 aromatic carbocycles. The molecule has 0 aliphatic rings. The molecule has 0 fully saturated rings. The first kappa shape index (κ1) is 14.8. The van der Waals surface area contributed by atoms with Crippen molar-refractivity contribution in [1.29, 1.82) is 0 Å². The molecule has 0 saturated carbocycles. The van der Waals surface area contributed by atoms with Crippen LogP contribution in [0.4, 0.5) is 0 Å². The van der Waals surface area contributed by atoms with Crippen LogP contribution in [0.3, 0.4) is 0 Å². The Kier molecular flexibility index (Phi) is 3.33. The van der Waals surface area contributed by atoms with Gasteiger partial charge in [0.05, 0.1) is 11.0 Å². The van der Waals surface area contributed by atoms with Gasteiger partial charge in [-0.05, 0) is 43.5 Å². The fourth-order valence-corrected chi connectivity index (χ4v) is 3.28. The molecule has 0 amide bonds. The van der Waals surface area contributed by atoms with E-state index < -0.39 is 5.66 Å². The van der Waals surface area contributed by atoms with Gasteiger partial charge < -0.3 is 0 Å². The molecule has 0 aliphatic carbocycles. The number of benzene rings is 2. The van der Waals surface area contributed by atoms with Crippen LogP contribution in [0.5, 0.6) is 0 Å². The summed E-state index contributed by atoms with van der Waals surface area (Å²) < 4.78 is 3.96. The first-order valence-corrected chi connectivity index (χ1v) is 8.33. The third kappa shape index (κ3) is 1.95. The van der Waals surface area contributed by atoms with Gasteiger partial charge in [0.15, 0.2) is 5.66 Å². The van der Waals surface area contributed by atoms with Crippen LogP contribution in [0.2, 0.25) is 0 Å². The lowest BCUT2D eigenvalue weighted by atomic mass is 10.1. The van der Waals surface area contributed by atoms with Gasteiger partial charge in [0.25, 0.3) is 0 Å². The largest absolute Gasteiger partial charge is 0.217 e. The fourth-order valence-electron chi connectivity index (χ4n) is 3.28. The molecule has 6 nitrogen and oxygen atoms in total. The van der Waals surface area contributed by atoms with Crippen molar-refractivity contribution in [2.75, 3.05) is 0 Å². The van der Waals surface area contributed by atoms with Gasteiger partial charge in [0.2, 0.25) is 0 Å². The summed E-state index contributed by atoms with van der Waals surface area (Å²) in [5.74, 6) is 0. The molecule has 0 radical (unpaired) electrons. The van der Waals surface area contributed by atoms with Crippen LogP contribution in [-0.4, -0.2) is 30.0 Å². The van der Waals surface area contributed by atoms with E-state index in [0.717, 1.165) is 34.9 Å². The molecule has 6 heteroatoms. The second-order valence-electron chi connectivity index (χ2n) is 6.20. The molecule has 24 heavy (non-hydrogen) atoms. The highest BCUT2D eigenvalue weighted by molar-refractivity contribution is 5.79. The summed E-state index contributed by atoms with van der Waals surface area (Å²) in [7, 11) is 0. The fraction of sp³-hybridized carbons (Fsp3) is 0.333. The maximum absolute atomic E-state index is 4.49. The Labute approximate surface area is 140 Å². The number of aromatic nitrogens is 6. The highest BCUT2D eigenvalue weighted by Crippen LogP contribution is 2.30. The Hall–Kier alpha value is -2.76. The Morgan fingerprint density at radius 1 is 0.875 bits per heavy atom. The summed E-state index contributed by atoms with van der Waals surface area (Å²) in [6.45, 7) is 6.42. The van der Waals surface area contributed by atoms with Gasteiger partial charge in [-0.25, -0.2) is 9.36 Å². The van der Waals surface area contributed by atoms with E-state index in [-0.39, 0.29) is 0 Å². The van der Waals surface area contributed by atoms with E-state index in [0.29, 0.717) is 0 Å². The average molecular weight is 320 g/mol. The van der Waals surface area contributed by atoms with Crippen LogP contribution in [-0.2, 0) is 12.1 Å². The summed E-state index contributed by atoms with van der Waals surface area (Å²) in [5.41, 5.74) is 4.64. The number of rotatable bonds is 4. The molecule has 0 aliphatic heterocycles. The molecule has 2 aromatic heterocycles. The van der Waals surface area contributed by atoms with E-state index >= 15 is 0 Å². The Bertz CT molecular complexity index is 1010. The summed E-state index contributed by atoms with van der Waals surface area (Å²) in [4.78, 5) is 0. The molecule has 0 N–H and O–H groups in total. The lowest BCUT2D eigenvalue weighted by Crippen LogP contribution is -2.39. The molecule has 4 rings (SSSR count). The van der Waals surface area contributed by atoms with Crippen molar-refractivity contribution in [2.24, 2.45) is 0 Å². The average Bonchev–Trinajstić information content (AvgIpc) is 3.25. The molecule has 1 unspecified atom stereocenters. The SMILES string of the molecule is CCc1cccc2nnn(C(C)(CC)n3nnc4ccccc43)c12. The normalized spacial score (nSPS) is 14.3. The first-order valence-electron chi connectivity index (χ1n) is 8.33. The van der Waals surface area contributed by atoms with Gasteiger partial charge in [-0.2, -0.15) is 0 Å². The highest BCUT2D eigenvalue weighted by Gasteiger charge is 2.33. The number of nitrogens with zero attached hydrogens (tertiary/aromatic N) is 6. The number of hydrogen-bond donors (Lipinski definition) is 0. The molecule has 1 atom stereocenters. The minimum Gasteiger partial charge on any atom is -0.217 e. The van der Waals surface area contributed by atoms with Crippen LogP contribution in [0.25, 0.3) is 22.1 Å². The third-order valence-electron chi connectivity index (χ3n) is 4.87. The monoisotopic (exact) mass is 320 g/mol. The molecule has 122 valence electrons. The van der Waals surface area contributed by atoms with Crippen molar-refractivity contribution in [3.8, 4) is 0 Å². The van der Waals surface area contributed by atoms with Gasteiger partial charge in [0.1, 0.15) is 11.0 Å². The Balaban J connectivity index is 2.02.